The number of methoxy groups -OCH3 is 1. The number of nitrogens with zero attached hydrogens (tertiary/aromatic N) is 8. The number of esters is 1. The minimum atomic E-state index is -4.66. The molecule has 7 aromatic rings. The largest absolute Gasteiger partial charge is 0.506 e. The molecule has 4 heterocycles. The number of sulfonamides is 1. The molecule has 22 heteroatoms. The highest BCUT2D eigenvalue weighted by Crippen LogP contribution is 2.43. The number of pyridine rings is 1. The second-order valence-corrected chi connectivity index (χ2v) is 19.9. The summed E-state index contributed by atoms with van der Waals surface area (Å²) in [6.07, 6.45) is 3.02. The first-order valence-corrected chi connectivity index (χ1v) is 24.1. The standard InChI is InChI=1S/C42H43ClN8O10S3/c1-25-37(38-32(43)16-15-31-30(12-10-18-61-63(6,56)57)41(42(53)60-5)47(2)40(31)38)34(49(4)45-25)23-50(64(58,59)36-14-8-7-13-33(36)51(54)55)22-27-20-28(48(3)46-27)24-62-29-19-26-11-9-17-44-39(26)35(52)21-29/h7-9,11,13-17,19-21,52H,10,12,18,22-24H2,1-6H3. The summed E-state index contributed by atoms with van der Waals surface area (Å²) in [6, 6.07) is 17.4. The number of hydrogen-bond acceptors (Lipinski definition) is 14. The van der Waals surface area contributed by atoms with Gasteiger partial charge in [-0.15, -0.1) is 11.8 Å². The first-order chi connectivity index (χ1) is 30.3. The van der Waals surface area contributed by atoms with E-state index in [0.717, 1.165) is 32.6 Å². The third kappa shape index (κ3) is 9.22. The Morgan fingerprint density at radius 3 is 2.45 bits per heavy atom. The Hall–Kier alpha value is -5.84. The average molecular weight is 952 g/mol. The van der Waals surface area contributed by atoms with Gasteiger partial charge in [0.25, 0.3) is 25.8 Å². The topological polar surface area (TPSA) is 224 Å². The van der Waals surface area contributed by atoms with Crippen LogP contribution in [0.15, 0.2) is 82.7 Å². The number of halogens is 1. The van der Waals surface area contributed by atoms with Gasteiger partial charge in [0, 0.05) is 71.6 Å². The fourth-order valence-corrected chi connectivity index (χ4v) is 11.0. The number of hydrogen-bond donors (Lipinski definition) is 1. The van der Waals surface area contributed by atoms with Crippen molar-refractivity contribution in [3.63, 3.8) is 0 Å². The van der Waals surface area contributed by atoms with Crippen LogP contribution in [0.5, 0.6) is 5.75 Å². The zero-order chi connectivity index (χ0) is 46.2. The normalized spacial score (nSPS) is 12.2. The van der Waals surface area contributed by atoms with Crippen LogP contribution in [0.4, 0.5) is 5.69 Å². The van der Waals surface area contributed by atoms with Gasteiger partial charge in [0.2, 0.25) is 0 Å². The number of aromatic nitrogens is 6. The number of phenolic OH excluding ortho intramolecular Hbond substituents is 1. The van der Waals surface area contributed by atoms with E-state index in [1.165, 1.54) is 41.8 Å². The third-order valence-electron chi connectivity index (χ3n) is 10.7. The minimum absolute atomic E-state index is 0.0398. The van der Waals surface area contributed by atoms with Gasteiger partial charge in [-0.1, -0.05) is 35.9 Å². The lowest BCUT2D eigenvalue weighted by Gasteiger charge is -2.23. The number of aryl methyl sites for hydroxylation is 5. The lowest BCUT2D eigenvalue weighted by atomic mass is 9.98. The number of thioether (sulfide) groups is 1. The summed E-state index contributed by atoms with van der Waals surface area (Å²) in [5.41, 5.74) is 3.93. The van der Waals surface area contributed by atoms with E-state index >= 15 is 0 Å². The Labute approximate surface area is 377 Å². The molecule has 0 aliphatic heterocycles. The first kappa shape index (κ1) is 46.2. The van der Waals surface area contributed by atoms with Crippen molar-refractivity contribution in [2.24, 2.45) is 21.1 Å². The Morgan fingerprint density at radius 1 is 0.984 bits per heavy atom. The van der Waals surface area contributed by atoms with Gasteiger partial charge >= 0.3 is 5.97 Å². The number of phenols is 1. The van der Waals surface area contributed by atoms with Crippen LogP contribution < -0.4 is 0 Å². The third-order valence-corrected chi connectivity index (χ3v) is 14.4. The van der Waals surface area contributed by atoms with Crippen LogP contribution in [0.2, 0.25) is 5.02 Å². The lowest BCUT2D eigenvalue weighted by Crippen LogP contribution is -2.32. The van der Waals surface area contributed by atoms with Crippen molar-refractivity contribution in [3.8, 4) is 16.9 Å². The highest BCUT2D eigenvalue weighted by atomic mass is 35.5. The molecule has 0 saturated carbocycles. The molecule has 7 rings (SSSR count). The number of rotatable bonds is 17. The first-order valence-electron chi connectivity index (χ1n) is 19.5. The molecule has 336 valence electrons. The number of para-hydroxylation sites is 1. The van der Waals surface area contributed by atoms with E-state index in [4.69, 9.17) is 25.6 Å². The maximum atomic E-state index is 14.8. The maximum absolute atomic E-state index is 14.8. The van der Waals surface area contributed by atoms with Crippen LogP contribution in [0.1, 0.15) is 45.2 Å². The number of fused-ring (bicyclic) bond motifs is 2. The maximum Gasteiger partial charge on any atom is 0.354 e. The van der Waals surface area contributed by atoms with E-state index in [-0.39, 0.29) is 49.0 Å². The van der Waals surface area contributed by atoms with E-state index in [0.29, 0.717) is 55.9 Å². The SMILES string of the molecule is COC(=O)c1c(CCCOS(C)(=O)=O)c2ccc(Cl)c(-c3c(C)nn(C)c3CN(Cc3cc(CSc4cc(O)c5ncccc5c4)n(C)n3)S(=O)(=O)c3ccccc3[N+](=O)[O-])c2n1C. The summed E-state index contributed by atoms with van der Waals surface area (Å²) in [4.78, 5) is 29.4. The number of nitro benzene ring substituents is 1. The Bertz CT molecular complexity index is 3200. The number of carbonyl (C=O) groups is 1. The van der Waals surface area contributed by atoms with Crippen LogP contribution in [-0.4, -0.2) is 86.2 Å². The van der Waals surface area contributed by atoms with Crippen LogP contribution in [0.3, 0.4) is 0 Å². The van der Waals surface area contributed by atoms with Crippen LogP contribution in [0.25, 0.3) is 32.9 Å². The number of benzene rings is 3. The fourth-order valence-electron chi connectivity index (χ4n) is 7.83. The summed E-state index contributed by atoms with van der Waals surface area (Å²) >= 11 is 8.50. The van der Waals surface area contributed by atoms with E-state index in [1.54, 1.807) is 73.8 Å². The average Bonchev–Trinajstić information content (AvgIpc) is 3.85. The lowest BCUT2D eigenvalue weighted by molar-refractivity contribution is -0.387. The molecule has 0 bridgehead atoms. The summed E-state index contributed by atoms with van der Waals surface area (Å²) in [6.45, 7) is 0.933. The molecule has 0 fully saturated rings. The molecule has 18 nitrogen and oxygen atoms in total. The molecule has 64 heavy (non-hydrogen) atoms. The van der Waals surface area contributed by atoms with Crippen molar-refractivity contribution in [3.05, 3.63) is 122 Å². The molecular formula is C42H43ClN8O10S3. The van der Waals surface area contributed by atoms with Crippen molar-refractivity contribution < 1.29 is 40.6 Å². The fraction of sp³-hybridized carbons (Fsp3) is 0.286. The molecule has 0 unspecified atom stereocenters. The summed E-state index contributed by atoms with van der Waals surface area (Å²) in [5.74, 6) is -0.209. The van der Waals surface area contributed by atoms with Crippen molar-refractivity contribution in [1.29, 1.82) is 0 Å². The van der Waals surface area contributed by atoms with Gasteiger partial charge in [-0.2, -0.15) is 22.9 Å². The van der Waals surface area contributed by atoms with Crippen LogP contribution in [0, 0.1) is 17.0 Å². The molecule has 0 aliphatic rings. The molecule has 4 aromatic heterocycles. The van der Waals surface area contributed by atoms with Crippen molar-refractivity contribution in [2.45, 2.75) is 48.4 Å². The zero-order valence-corrected chi connectivity index (χ0v) is 38.7. The second kappa shape index (κ2) is 18.3. The van der Waals surface area contributed by atoms with Gasteiger partial charge in [-0.05, 0) is 61.7 Å². The predicted molar refractivity (Wildman–Crippen MR) is 241 cm³/mol. The smallest absolute Gasteiger partial charge is 0.354 e. The number of ether oxygens (including phenoxy) is 1. The number of nitro groups is 1. The summed E-state index contributed by atoms with van der Waals surface area (Å²) in [7, 11) is -2.08. The Morgan fingerprint density at radius 2 is 1.73 bits per heavy atom. The molecule has 0 aliphatic carbocycles. The molecule has 0 atom stereocenters. The van der Waals surface area contributed by atoms with Gasteiger partial charge < -0.3 is 14.4 Å². The summed E-state index contributed by atoms with van der Waals surface area (Å²) < 4.78 is 69.1. The Kier molecular flexibility index (Phi) is 13.2. The van der Waals surface area contributed by atoms with Gasteiger partial charge in [-0.3, -0.25) is 28.6 Å². The van der Waals surface area contributed by atoms with Gasteiger partial charge in [0.05, 0.1) is 65.6 Å². The van der Waals surface area contributed by atoms with Gasteiger partial charge in [0.1, 0.15) is 17.0 Å². The van der Waals surface area contributed by atoms with Crippen molar-refractivity contribution in [2.75, 3.05) is 20.0 Å². The van der Waals surface area contributed by atoms with E-state index in [2.05, 4.69) is 10.1 Å². The zero-order valence-electron chi connectivity index (χ0n) is 35.5. The molecule has 0 spiro atoms. The van der Waals surface area contributed by atoms with Gasteiger partial charge in [-0.25, -0.2) is 13.2 Å². The van der Waals surface area contributed by atoms with Crippen LogP contribution >= 0.6 is 23.4 Å². The highest BCUT2D eigenvalue weighted by Gasteiger charge is 2.35. The molecule has 1 N–H and O–H groups in total. The molecular weight excluding hydrogens is 908 g/mol. The second-order valence-electron chi connectivity index (χ2n) is 14.9. The van der Waals surface area contributed by atoms with Gasteiger partial charge in [0.15, 0.2) is 4.90 Å². The minimum Gasteiger partial charge on any atom is -0.506 e. The highest BCUT2D eigenvalue weighted by molar-refractivity contribution is 7.98. The number of aromatic hydroxyl groups is 1. The van der Waals surface area contributed by atoms with E-state index in [9.17, 15) is 36.9 Å². The molecule has 0 amide bonds. The molecule has 3 aromatic carbocycles. The Balaban J connectivity index is 1.31. The number of carbonyl (C=O) groups excluding carboxylic acids is 1. The van der Waals surface area contributed by atoms with E-state index < -0.39 is 41.6 Å². The summed E-state index contributed by atoms with van der Waals surface area (Å²) in [5, 5.41) is 33.8. The monoisotopic (exact) mass is 950 g/mol. The molecule has 0 radical (unpaired) electrons. The molecule has 0 saturated heterocycles. The predicted octanol–water partition coefficient (Wildman–Crippen LogP) is 6.81. The van der Waals surface area contributed by atoms with Crippen LogP contribution in [-0.2, 0) is 75.5 Å². The van der Waals surface area contributed by atoms with Crippen molar-refractivity contribution >= 4 is 77.0 Å². The van der Waals surface area contributed by atoms with E-state index in [1.807, 2.05) is 12.1 Å². The quantitative estimate of drug-likeness (QED) is 0.0247. The van der Waals surface area contributed by atoms with Crippen molar-refractivity contribution in [1.82, 2.24) is 33.4 Å².